The molecular weight excluding hydrogens is 556 g/mol. The number of aliphatic hydroxyl groups is 2. The molecule has 0 radical (unpaired) electrons. The van der Waals surface area contributed by atoms with E-state index >= 15 is 0 Å². The number of hydrogen-bond acceptors (Lipinski definition) is 4. The lowest BCUT2D eigenvalue weighted by molar-refractivity contribution is 0.202. The molecular formula is C41H32O4. The van der Waals surface area contributed by atoms with E-state index in [-0.39, 0.29) is 26.4 Å². The Balaban J connectivity index is 1.40. The first-order chi connectivity index (χ1) is 22.3. The molecule has 2 aliphatic rings. The predicted molar refractivity (Wildman–Crippen MR) is 179 cm³/mol. The van der Waals surface area contributed by atoms with Crippen molar-refractivity contribution in [2.24, 2.45) is 0 Å². The van der Waals surface area contributed by atoms with Crippen LogP contribution in [0, 0.1) is 0 Å². The average molecular weight is 589 g/mol. The summed E-state index contributed by atoms with van der Waals surface area (Å²) in [5.41, 5.74) is 13.6. The maximum Gasteiger partial charge on any atom is 0.127 e. The quantitative estimate of drug-likeness (QED) is 0.188. The smallest absolute Gasteiger partial charge is 0.127 e. The van der Waals surface area contributed by atoms with Crippen molar-refractivity contribution in [3.05, 3.63) is 156 Å². The van der Waals surface area contributed by atoms with Crippen LogP contribution >= 0.6 is 0 Å². The molecule has 0 fully saturated rings. The number of ether oxygens (including phenoxy) is 2. The van der Waals surface area contributed by atoms with Gasteiger partial charge in [0.15, 0.2) is 0 Å². The number of fused-ring (bicyclic) bond motifs is 10. The van der Waals surface area contributed by atoms with E-state index in [4.69, 9.17) is 9.47 Å². The van der Waals surface area contributed by atoms with Crippen LogP contribution in [0.2, 0.25) is 0 Å². The Bertz CT molecular complexity index is 1910. The van der Waals surface area contributed by atoms with Gasteiger partial charge >= 0.3 is 0 Å². The van der Waals surface area contributed by atoms with Crippen LogP contribution in [0.1, 0.15) is 22.3 Å². The van der Waals surface area contributed by atoms with Gasteiger partial charge in [-0.2, -0.15) is 0 Å². The van der Waals surface area contributed by atoms with Gasteiger partial charge in [0.2, 0.25) is 0 Å². The summed E-state index contributed by atoms with van der Waals surface area (Å²) in [5.74, 6) is 1.51. The Labute approximate surface area is 262 Å². The molecule has 0 unspecified atom stereocenters. The van der Waals surface area contributed by atoms with Crippen molar-refractivity contribution in [1.82, 2.24) is 0 Å². The number of benzene rings is 6. The van der Waals surface area contributed by atoms with Crippen molar-refractivity contribution in [3.63, 3.8) is 0 Å². The van der Waals surface area contributed by atoms with Gasteiger partial charge in [-0.05, 0) is 79.9 Å². The summed E-state index contributed by atoms with van der Waals surface area (Å²) in [6, 6.07) is 47.2. The fourth-order valence-electron chi connectivity index (χ4n) is 7.45. The summed E-state index contributed by atoms with van der Waals surface area (Å²) in [6.07, 6.45) is 0. The zero-order valence-electron chi connectivity index (χ0n) is 24.7. The standard InChI is InChI=1S/C41H32O4/c42-21-23-44-39-15-7-3-9-29(39)27-17-19-33-31-11-1-5-13-35(31)41(37(33)25-27)36-14-6-2-12-32(36)34-20-18-28(26-38(34)41)30-10-4-8-16-40(30)45-24-22-43/h1-20,25-26,42-43H,21-24H2. The number of hydrogen-bond donors (Lipinski definition) is 2. The Kier molecular flexibility index (Phi) is 6.75. The van der Waals surface area contributed by atoms with Gasteiger partial charge in [-0.15, -0.1) is 0 Å². The third kappa shape index (κ3) is 4.14. The van der Waals surface area contributed by atoms with Gasteiger partial charge in [-0.3, -0.25) is 0 Å². The van der Waals surface area contributed by atoms with E-state index < -0.39 is 5.41 Å². The molecule has 1 spiro atoms. The lowest BCUT2D eigenvalue weighted by Crippen LogP contribution is -2.26. The van der Waals surface area contributed by atoms with Crippen LogP contribution in [0.4, 0.5) is 0 Å². The first-order valence-corrected chi connectivity index (χ1v) is 15.4. The third-order valence-electron chi connectivity index (χ3n) is 9.18. The highest BCUT2D eigenvalue weighted by Gasteiger charge is 2.51. The largest absolute Gasteiger partial charge is 0.491 e. The highest BCUT2D eigenvalue weighted by atomic mass is 16.5. The number of para-hydroxylation sites is 2. The molecule has 8 rings (SSSR count). The monoisotopic (exact) mass is 588 g/mol. The zero-order valence-corrected chi connectivity index (χ0v) is 24.7. The summed E-state index contributed by atoms with van der Waals surface area (Å²) < 4.78 is 12.0. The van der Waals surface area contributed by atoms with Crippen molar-refractivity contribution in [1.29, 1.82) is 0 Å². The topological polar surface area (TPSA) is 58.9 Å². The molecule has 0 saturated heterocycles. The molecule has 2 aliphatic carbocycles. The summed E-state index contributed by atoms with van der Waals surface area (Å²) in [4.78, 5) is 0. The summed E-state index contributed by atoms with van der Waals surface area (Å²) in [5, 5.41) is 18.9. The van der Waals surface area contributed by atoms with Crippen molar-refractivity contribution in [2.75, 3.05) is 26.4 Å². The predicted octanol–water partition coefficient (Wildman–Crippen LogP) is 8.11. The molecule has 0 saturated carbocycles. The highest BCUT2D eigenvalue weighted by Crippen LogP contribution is 2.63. The summed E-state index contributed by atoms with van der Waals surface area (Å²) >= 11 is 0. The molecule has 220 valence electrons. The van der Waals surface area contributed by atoms with Crippen LogP contribution < -0.4 is 9.47 Å². The van der Waals surface area contributed by atoms with Crippen molar-refractivity contribution >= 4 is 0 Å². The van der Waals surface area contributed by atoms with Crippen LogP contribution in [0.3, 0.4) is 0 Å². The van der Waals surface area contributed by atoms with E-state index in [1.54, 1.807) is 0 Å². The average Bonchev–Trinajstić information content (AvgIpc) is 3.56. The van der Waals surface area contributed by atoms with E-state index in [9.17, 15) is 10.2 Å². The van der Waals surface area contributed by atoms with E-state index in [2.05, 4.69) is 97.1 Å². The second-order valence-corrected chi connectivity index (χ2v) is 11.5. The van der Waals surface area contributed by atoms with Gasteiger partial charge in [0.25, 0.3) is 0 Å². The molecule has 2 N–H and O–H groups in total. The number of rotatable bonds is 8. The first-order valence-electron chi connectivity index (χ1n) is 15.4. The third-order valence-corrected chi connectivity index (χ3v) is 9.18. The second-order valence-electron chi connectivity index (χ2n) is 11.5. The molecule has 45 heavy (non-hydrogen) atoms. The number of aliphatic hydroxyl groups excluding tert-OH is 2. The molecule has 0 heterocycles. The van der Waals surface area contributed by atoms with Crippen LogP contribution in [0.15, 0.2) is 133 Å². The molecule has 0 bridgehead atoms. The lowest BCUT2D eigenvalue weighted by Gasteiger charge is -2.31. The van der Waals surface area contributed by atoms with Gasteiger partial charge in [0, 0.05) is 11.1 Å². The minimum atomic E-state index is -0.522. The minimum Gasteiger partial charge on any atom is -0.491 e. The van der Waals surface area contributed by atoms with Crippen LogP contribution in [-0.2, 0) is 5.41 Å². The Morgan fingerprint density at radius 3 is 1.22 bits per heavy atom. The molecule has 4 nitrogen and oxygen atoms in total. The van der Waals surface area contributed by atoms with Crippen LogP contribution in [0.5, 0.6) is 11.5 Å². The van der Waals surface area contributed by atoms with E-state index in [1.165, 1.54) is 44.5 Å². The van der Waals surface area contributed by atoms with E-state index in [0.717, 1.165) is 33.8 Å². The summed E-state index contributed by atoms with van der Waals surface area (Å²) in [6.45, 7) is 0.400. The minimum absolute atomic E-state index is 0.0407. The second kappa shape index (κ2) is 11.1. The molecule has 4 heteroatoms. The Morgan fingerprint density at radius 2 is 0.778 bits per heavy atom. The Hall–Kier alpha value is -5.16. The Morgan fingerprint density at radius 1 is 0.400 bits per heavy atom. The lowest BCUT2D eigenvalue weighted by atomic mass is 9.70. The fourth-order valence-corrected chi connectivity index (χ4v) is 7.45. The molecule has 0 atom stereocenters. The van der Waals surface area contributed by atoms with Crippen LogP contribution in [0.25, 0.3) is 44.5 Å². The maximum absolute atomic E-state index is 9.46. The van der Waals surface area contributed by atoms with Gasteiger partial charge in [0.05, 0.1) is 18.6 Å². The van der Waals surface area contributed by atoms with E-state index in [1.807, 2.05) is 36.4 Å². The SMILES string of the molecule is OCCOc1ccccc1-c1ccc2c(c1)C1(c3ccccc3-2)c2ccccc2-c2ccc(-c3ccccc3OCCO)cc21. The first kappa shape index (κ1) is 27.4. The van der Waals surface area contributed by atoms with Gasteiger partial charge in [0.1, 0.15) is 24.7 Å². The summed E-state index contributed by atoms with van der Waals surface area (Å²) in [7, 11) is 0. The van der Waals surface area contributed by atoms with Crippen molar-refractivity contribution < 1.29 is 19.7 Å². The molecule has 6 aromatic carbocycles. The fraction of sp³-hybridized carbons (Fsp3) is 0.122. The van der Waals surface area contributed by atoms with Gasteiger partial charge in [-0.25, -0.2) is 0 Å². The molecule has 0 aromatic heterocycles. The van der Waals surface area contributed by atoms with Crippen molar-refractivity contribution in [3.8, 4) is 56.0 Å². The van der Waals surface area contributed by atoms with Gasteiger partial charge < -0.3 is 19.7 Å². The molecule has 0 aliphatic heterocycles. The van der Waals surface area contributed by atoms with E-state index in [0.29, 0.717) is 0 Å². The zero-order chi connectivity index (χ0) is 30.4. The highest BCUT2D eigenvalue weighted by molar-refractivity contribution is 5.97. The van der Waals surface area contributed by atoms with Gasteiger partial charge in [-0.1, -0.05) is 109 Å². The molecule has 6 aromatic rings. The van der Waals surface area contributed by atoms with Crippen molar-refractivity contribution in [2.45, 2.75) is 5.41 Å². The van der Waals surface area contributed by atoms with Crippen LogP contribution in [-0.4, -0.2) is 36.6 Å². The maximum atomic E-state index is 9.46. The molecule has 0 amide bonds. The normalized spacial score (nSPS) is 13.2.